The number of aliphatic imine (C=N–C) groups is 1. The van der Waals surface area contributed by atoms with Gasteiger partial charge in [-0.15, -0.1) is 0 Å². The fraction of sp³-hybridized carbons (Fsp3) is 0.355. The summed E-state index contributed by atoms with van der Waals surface area (Å²) in [4.78, 5) is 27.0. The Kier molecular flexibility index (Phi) is 9.13. The summed E-state index contributed by atoms with van der Waals surface area (Å²) in [6, 6.07) is 5.05. The van der Waals surface area contributed by atoms with Gasteiger partial charge in [0.05, 0.1) is 36.5 Å². The monoisotopic (exact) mass is 514 g/mol. The van der Waals surface area contributed by atoms with Crippen LogP contribution in [-0.2, 0) is 11.3 Å². The molecule has 1 aliphatic heterocycles. The Hall–Kier alpha value is -3.71. The van der Waals surface area contributed by atoms with Crippen LogP contribution in [0.15, 0.2) is 83.3 Å². The van der Waals surface area contributed by atoms with Crippen LogP contribution in [0.2, 0.25) is 0 Å². The molecular weight excluding hydrogens is 479 g/mol. The maximum atomic E-state index is 14.2. The van der Waals surface area contributed by atoms with E-state index in [9.17, 15) is 9.18 Å². The van der Waals surface area contributed by atoms with Crippen LogP contribution in [0.5, 0.6) is 0 Å². The number of nitrogens with one attached hydrogen (secondary N) is 1. The molecule has 7 heteroatoms. The van der Waals surface area contributed by atoms with Crippen molar-refractivity contribution in [1.29, 1.82) is 0 Å². The molecular formula is C31H35FN4O2. The molecule has 0 bridgehead atoms. The van der Waals surface area contributed by atoms with E-state index in [0.717, 1.165) is 53.2 Å². The summed E-state index contributed by atoms with van der Waals surface area (Å²) >= 11 is 0. The second-order valence-corrected chi connectivity index (χ2v) is 9.65. The van der Waals surface area contributed by atoms with E-state index >= 15 is 0 Å². The highest BCUT2D eigenvalue weighted by atomic mass is 19.1. The Balaban J connectivity index is 1.52. The van der Waals surface area contributed by atoms with Crippen LogP contribution in [0.25, 0.3) is 0 Å². The summed E-state index contributed by atoms with van der Waals surface area (Å²) < 4.78 is 19.5. The van der Waals surface area contributed by atoms with Crippen molar-refractivity contribution in [3.63, 3.8) is 0 Å². The minimum absolute atomic E-state index is 0.0131. The zero-order chi connectivity index (χ0) is 27.1. The molecule has 38 heavy (non-hydrogen) atoms. The Labute approximate surface area is 224 Å². The summed E-state index contributed by atoms with van der Waals surface area (Å²) in [6.45, 7) is 10.8. The lowest BCUT2D eigenvalue weighted by Gasteiger charge is -2.20. The Morgan fingerprint density at radius 1 is 1.32 bits per heavy atom. The molecule has 1 aromatic carbocycles. The lowest BCUT2D eigenvalue weighted by Crippen LogP contribution is -2.26. The Morgan fingerprint density at radius 3 is 2.87 bits per heavy atom. The molecule has 1 amide bonds. The molecule has 2 aliphatic rings. The first-order valence-electron chi connectivity index (χ1n) is 13.1. The fourth-order valence-corrected chi connectivity index (χ4v) is 4.06. The number of benzene rings is 1. The highest BCUT2D eigenvalue weighted by molar-refractivity contribution is 6.07. The average Bonchev–Trinajstić information content (AvgIpc) is 3.79. The molecule has 0 radical (unpaired) electrons. The first kappa shape index (κ1) is 27.3. The first-order chi connectivity index (χ1) is 18.4. The van der Waals surface area contributed by atoms with Crippen molar-refractivity contribution < 1.29 is 13.9 Å². The number of halogens is 1. The molecule has 1 saturated carbocycles. The van der Waals surface area contributed by atoms with E-state index in [0.29, 0.717) is 29.2 Å². The molecule has 198 valence electrons. The second-order valence-electron chi connectivity index (χ2n) is 9.65. The van der Waals surface area contributed by atoms with Crippen molar-refractivity contribution in [3.8, 4) is 0 Å². The van der Waals surface area contributed by atoms with Crippen LogP contribution in [0.3, 0.4) is 0 Å². The lowest BCUT2D eigenvalue weighted by atomic mass is 9.99. The number of amides is 1. The van der Waals surface area contributed by atoms with Crippen LogP contribution in [-0.4, -0.2) is 34.7 Å². The normalized spacial score (nSPS) is 18.4. The summed E-state index contributed by atoms with van der Waals surface area (Å²) in [6.07, 6.45) is 13.4. The van der Waals surface area contributed by atoms with Gasteiger partial charge in [-0.2, -0.15) is 0 Å². The molecule has 1 aliphatic carbocycles. The Morgan fingerprint density at radius 2 is 2.13 bits per heavy atom. The number of ether oxygens (including phenoxy) is 1. The molecule has 4 rings (SSSR count). The molecule has 2 aromatic rings. The molecule has 2 heterocycles. The van der Waals surface area contributed by atoms with Gasteiger partial charge in [0.15, 0.2) is 0 Å². The summed E-state index contributed by atoms with van der Waals surface area (Å²) in [5, 5.41) is 2.89. The smallest absolute Gasteiger partial charge is 0.251 e. The van der Waals surface area contributed by atoms with Crippen molar-refractivity contribution >= 4 is 11.6 Å². The fourth-order valence-electron chi connectivity index (χ4n) is 4.06. The number of fused-ring (bicyclic) bond motifs is 1. The zero-order valence-electron chi connectivity index (χ0n) is 22.3. The number of hydrogen-bond donors (Lipinski definition) is 1. The number of aromatic nitrogens is 2. The average molecular weight is 515 g/mol. The Bertz CT molecular complexity index is 1320. The maximum Gasteiger partial charge on any atom is 0.251 e. The number of carbonyl (C=O) groups excluding carboxylic acids is 1. The molecule has 6 nitrogen and oxygen atoms in total. The first-order valence-corrected chi connectivity index (χ1v) is 13.1. The minimum Gasteiger partial charge on any atom is -0.373 e. The molecule has 1 unspecified atom stereocenters. The van der Waals surface area contributed by atoms with E-state index < -0.39 is 6.17 Å². The highest BCUT2D eigenvalue weighted by Gasteiger charge is 2.26. The molecule has 1 aromatic heterocycles. The third-order valence-corrected chi connectivity index (χ3v) is 6.58. The highest BCUT2D eigenvalue weighted by Crippen LogP contribution is 2.38. The summed E-state index contributed by atoms with van der Waals surface area (Å²) in [5.41, 5.74) is 6.56. The molecule has 0 saturated heterocycles. The van der Waals surface area contributed by atoms with Crippen molar-refractivity contribution in [2.75, 3.05) is 13.2 Å². The standard InChI is InChI=1S/C31H35FN4O2/c1-5-7-8-27(30-17-33-16-29(36-30)22-9-10-22)35-28(21(4)6-2)13-20(3)15-34-31(37)23-11-12-24-18-38-19-26(32)25(24)14-23/h6-8,11-14,16-17,22,26H,3,5,9-10,15,18-19H2,1-2,4H3,(H,34,37)/b8-7+,21-6-,28-13+,35-27-. The number of hydrogen-bond acceptors (Lipinski definition) is 5. The molecule has 1 atom stereocenters. The van der Waals surface area contributed by atoms with Crippen LogP contribution >= 0.6 is 0 Å². The van der Waals surface area contributed by atoms with Gasteiger partial charge in [-0.1, -0.05) is 31.7 Å². The van der Waals surface area contributed by atoms with E-state index in [1.807, 2.05) is 38.3 Å². The molecule has 0 spiro atoms. The third-order valence-electron chi connectivity index (χ3n) is 6.58. The van der Waals surface area contributed by atoms with Crippen LogP contribution in [0.4, 0.5) is 4.39 Å². The lowest BCUT2D eigenvalue weighted by molar-refractivity contribution is 0.0512. The SMILES string of the molecule is C=C(/C=C(/N=C(/C=C/CC)c1cncc(C2CC2)n1)C(\C)=C/C)CNC(=O)c1ccc2c(c1)C(F)COC2. The predicted octanol–water partition coefficient (Wildman–Crippen LogP) is 6.49. The predicted molar refractivity (Wildman–Crippen MR) is 149 cm³/mol. The molecule has 1 fully saturated rings. The van der Waals surface area contributed by atoms with E-state index in [-0.39, 0.29) is 19.1 Å². The number of carbonyl (C=O) groups is 1. The quantitative estimate of drug-likeness (QED) is 0.291. The number of rotatable bonds is 10. The van der Waals surface area contributed by atoms with Gasteiger partial charge in [0.1, 0.15) is 11.9 Å². The number of nitrogens with zero attached hydrogens (tertiary/aromatic N) is 3. The van der Waals surface area contributed by atoms with Gasteiger partial charge in [-0.3, -0.25) is 9.78 Å². The van der Waals surface area contributed by atoms with Gasteiger partial charge in [-0.05, 0) is 79.7 Å². The maximum absolute atomic E-state index is 14.2. The second kappa shape index (κ2) is 12.7. The van der Waals surface area contributed by atoms with Gasteiger partial charge < -0.3 is 10.1 Å². The van der Waals surface area contributed by atoms with E-state index in [4.69, 9.17) is 14.7 Å². The van der Waals surface area contributed by atoms with Crippen molar-refractivity contribution in [2.45, 2.75) is 58.7 Å². The number of allylic oxidation sites excluding steroid dienone is 4. The minimum atomic E-state index is -1.22. The van der Waals surface area contributed by atoms with E-state index in [1.165, 1.54) is 0 Å². The summed E-state index contributed by atoms with van der Waals surface area (Å²) in [7, 11) is 0. The zero-order valence-corrected chi connectivity index (χ0v) is 22.3. The van der Waals surface area contributed by atoms with Crippen molar-refractivity contribution in [1.82, 2.24) is 15.3 Å². The van der Waals surface area contributed by atoms with Crippen molar-refractivity contribution in [2.24, 2.45) is 4.99 Å². The van der Waals surface area contributed by atoms with E-state index in [1.54, 1.807) is 24.4 Å². The third kappa shape index (κ3) is 6.98. The topological polar surface area (TPSA) is 76.5 Å². The van der Waals surface area contributed by atoms with Gasteiger partial charge in [-0.25, -0.2) is 14.4 Å². The summed E-state index contributed by atoms with van der Waals surface area (Å²) in [5.74, 6) is 0.210. The van der Waals surface area contributed by atoms with Crippen LogP contribution in [0.1, 0.15) is 85.0 Å². The largest absolute Gasteiger partial charge is 0.373 e. The van der Waals surface area contributed by atoms with Gasteiger partial charge in [0, 0.05) is 24.2 Å². The van der Waals surface area contributed by atoms with Gasteiger partial charge >= 0.3 is 0 Å². The van der Waals surface area contributed by atoms with E-state index in [2.05, 4.69) is 29.9 Å². The van der Waals surface area contributed by atoms with Gasteiger partial charge in [0.2, 0.25) is 0 Å². The number of alkyl halides is 1. The van der Waals surface area contributed by atoms with Gasteiger partial charge in [0.25, 0.3) is 5.91 Å². The van der Waals surface area contributed by atoms with Crippen LogP contribution in [0, 0.1) is 0 Å². The van der Waals surface area contributed by atoms with Crippen LogP contribution < -0.4 is 5.32 Å². The van der Waals surface area contributed by atoms with Crippen molar-refractivity contribution in [3.05, 3.63) is 106 Å². The molecule has 1 N–H and O–H groups in total.